The summed E-state index contributed by atoms with van der Waals surface area (Å²) in [4.78, 5) is 0. The number of hydrazine groups is 1. The first-order valence-corrected chi connectivity index (χ1v) is 8.93. The third kappa shape index (κ3) is 5.41. The van der Waals surface area contributed by atoms with Crippen molar-refractivity contribution >= 4 is 48.0 Å². The summed E-state index contributed by atoms with van der Waals surface area (Å²) in [5.74, 6) is 7.60. The molecule has 0 aliphatic carbocycles. The molecule has 0 aromatic heterocycles. The van der Waals surface area contributed by atoms with Gasteiger partial charge in [-0.15, -0.1) is 24.8 Å². The summed E-state index contributed by atoms with van der Waals surface area (Å²) in [7, 11) is 1.69. The number of benzene rings is 2. The Kier molecular flexibility index (Phi) is 9.53. The lowest BCUT2D eigenvalue weighted by Crippen LogP contribution is -2.44. The van der Waals surface area contributed by atoms with E-state index >= 15 is 0 Å². The van der Waals surface area contributed by atoms with Crippen molar-refractivity contribution in [1.29, 1.82) is 0 Å². The fraction of sp³-hybridized carbons (Fsp3) is 0.368. The molecule has 7 heteroatoms. The van der Waals surface area contributed by atoms with Gasteiger partial charge in [-0.2, -0.15) is 0 Å². The van der Waals surface area contributed by atoms with Crippen LogP contribution in [0.25, 0.3) is 0 Å². The molecule has 1 fully saturated rings. The zero-order valence-electron chi connectivity index (χ0n) is 14.5. The monoisotopic (exact) mass is 436 g/mol. The van der Waals surface area contributed by atoms with Crippen LogP contribution in [0.3, 0.4) is 0 Å². The number of methoxy groups -OCH3 is 1. The molecule has 0 radical (unpaired) electrons. The second-order valence-corrected chi connectivity index (χ2v) is 7.17. The number of hydrogen-bond acceptors (Lipinski definition) is 3. The lowest BCUT2D eigenvalue weighted by atomic mass is 9.81. The van der Waals surface area contributed by atoms with Gasteiger partial charge in [-0.05, 0) is 66.6 Å². The van der Waals surface area contributed by atoms with Crippen molar-refractivity contribution in [2.45, 2.75) is 25.3 Å². The van der Waals surface area contributed by atoms with E-state index in [1.807, 2.05) is 41.4 Å². The smallest absolute Gasteiger partial charge is 0.122 e. The van der Waals surface area contributed by atoms with Gasteiger partial charge in [0.1, 0.15) is 5.75 Å². The molecule has 2 aromatic rings. The maximum Gasteiger partial charge on any atom is 0.122 e. The minimum absolute atomic E-state index is 0. The van der Waals surface area contributed by atoms with Gasteiger partial charge in [0.2, 0.25) is 0 Å². The Balaban J connectivity index is 0.00000169. The topological polar surface area (TPSA) is 38.5 Å². The van der Waals surface area contributed by atoms with E-state index in [2.05, 4.69) is 6.07 Å². The summed E-state index contributed by atoms with van der Waals surface area (Å²) >= 11 is 12.4. The van der Waals surface area contributed by atoms with Crippen molar-refractivity contribution in [2.24, 2.45) is 11.8 Å². The van der Waals surface area contributed by atoms with E-state index in [0.717, 1.165) is 52.7 Å². The number of halogens is 4. The summed E-state index contributed by atoms with van der Waals surface area (Å²) in [5.41, 5.74) is 2.29. The molecular formula is C19H24Cl4N2O. The average Bonchev–Trinajstić information content (AvgIpc) is 2.55. The Morgan fingerprint density at radius 2 is 1.85 bits per heavy atom. The average molecular weight is 438 g/mol. The van der Waals surface area contributed by atoms with Crippen molar-refractivity contribution in [3.8, 4) is 5.75 Å². The molecule has 1 heterocycles. The number of hydrogen-bond donors (Lipinski definition) is 1. The Morgan fingerprint density at radius 1 is 1.12 bits per heavy atom. The van der Waals surface area contributed by atoms with Crippen molar-refractivity contribution in [3.63, 3.8) is 0 Å². The molecule has 0 bridgehead atoms. The minimum Gasteiger partial charge on any atom is -0.496 e. The van der Waals surface area contributed by atoms with Gasteiger partial charge in [0.25, 0.3) is 0 Å². The van der Waals surface area contributed by atoms with Gasteiger partial charge in [0, 0.05) is 16.6 Å². The molecule has 0 saturated carbocycles. The van der Waals surface area contributed by atoms with Crippen LogP contribution in [-0.4, -0.2) is 18.7 Å². The Hall–Kier alpha value is -0.680. The molecule has 2 N–H and O–H groups in total. The number of ether oxygens (including phenoxy) is 1. The highest BCUT2D eigenvalue weighted by Gasteiger charge is 2.32. The van der Waals surface area contributed by atoms with E-state index in [4.69, 9.17) is 33.8 Å². The van der Waals surface area contributed by atoms with Crippen LogP contribution in [-0.2, 0) is 6.42 Å². The molecule has 1 aliphatic rings. The third-order valence-corrected chi connectivity index (χ3v) is 5.18. The van der Waals surface area contributed by atoms with Crippen LogP contribution < -0.4 is 10.6 Å². The van der Waals surface area contributed by atoms with Crippen LogP contribution in [0.15, 0.2) is 42.5 Å². The van der Waals surface area contributed by atoms with E-state index in [9.17, 15) is 0 Å². The molecule has 0 spiro atoms. The quantitative estimate of drug-likeness (QED) is 0.622. The molecule has 0 amide bonds. The van der Waals surface area contributed by atoms with E-state index in [1.165, 1.54) is 0 Å². The van der Waals surface area contributed by atoms with Gasteiger partial charge >= 0.3 is 0 Å². The van der Waals surface area contributed by atoms with Gasteiger partial charge in [-0.25, -0.2) is 5.01 Å². The Labute approximate surface area is 177 Å². The number of nitrogens with two attached hydrogens (primary N) is 1. The summed E-state index contributed by atoms with van der Waals surface area (Å²) in [5, 5.41) is 3.41. The van der Waals surface area contributed by atoms with Crippen LogP contribution in [0, 0.1) is 5.92 Å². The lowest BCUT2D eigenvalue weighted by Gasteiger charge is -2.39. The number of piperidine rings is 1. The normalized spacial score (nSPS) is 20.0. The van der Waals surface area contributed by atoms with Crippen LogP contribution >= 0.6 is 48.0 Å². The Morgan fingerprint density at radius 3 is 2.54 bits per heavy atom. The number of rotatable bonds is 4. The zero-order valence-corrected chi connectivity index (χ0v) is 17.7. The van der Waals surface area contributed by atoms with Crippen molar-refractivity contribution < 1.29 is 4.74 Å². The van der Waals surface area contributed by atoms with Crippen molar-refractivity contribution in [2.75, 3.05) is 13.7 Å². The molecule has 2 aromatic carbocycles. The predicted molar refractivity (Wildman–Crippen MR) is 114 cm³/mol. The van der Waals surface area contributed by atoms with Crippen LogP contribution in [0.4, 0.5) is 0 Å². The van der Waals surface area contributed by atoms with E-state index in [0.29, 0.717) is 5.92 Å². The molecule has 1 saturated heterocycles. The number of nitrogens with zero attached hydrogens (tertiary/aromatic N) is 1. The van der Waals surface area contributed by atoms with Crippen LogP contribution in [0.5, 0.6) is 5.75 Å². The summed E-state index contributed by atoms with van der Waals surface area (Å²) in [6, 6.07) is 13.9. The highest BCUT2D eigenvalue weighted by atomic mass is 35.5. The maximum absolute atomic E-state index is 6.34. The summed E-state index contributed by atoms with van der Waals surface area (Å²) in [6.07, 6.45) is 3.07. The van der Waals surface area contributed by atoms with Gasteiger partial charge in [0.15, 0.2) is 0 Å². The molecular weight excluding hydrogens is 414 g/mol. The first-order chi connectivity index (χ1) is 11.6. The lowest BCUT2D eigenvalue weighted by molar-refractivity contribution is 0.0923. The molecule has 2 atom stereocenters. The first-order valence-electron chi connectivity index (χ1n) is 8.17. The molecule has 144 valence electrons. The van der Waals surface area contributed by atoms with Crippen LogP contribution in [0.2, 0.25) is 10.0 Å². The summed E-state index contributed by atoms with van der Waals surface area (Å²) in [6.45, 7) is 0.889. The highest BCUT2D eigenvalue weighted by Crippen LogP contribution is 2.38. The SMILES string of the molecule is COc1ccc(Cl)cc1C[C@@H]1CCCN(N)[C@@H]1c1cccc(Cl)c1.Cl.Cl. The molecule has 3 nitrogen and oxygen atoms in total. The van der Waals surface area contributed by atoms with Gasteiger partial charge in [0.05, 0.1) is 13.2 Å². The Bertz CT molecular complexity index is 714. The largest absolute Gasteiger partial charge is 0.496 e. The van der Waals surface area contributed by atoms with Gasteiger partial charge < -0.3 is 4.74 Å². The van der Waals surface area contributed by atoms with Gasteiger partial charge in [-0.3, -0.25) is 5.84 Å². The van der Waals surface area contributed by atoms with E-state index in [-0.39, 0.29) is 30.9 Å². The highest BCUT2D eigenvalue weighted by molar-refractivity contribution is 6.30. The van der Waals surface area contributed by atoms with Crippen molar-refractivity contribution in [3.05, 3.63) is 63.6 Å². The molecule has 0 unspecified atom stereocenters. The molecule has 3 rings (SSSR count). The molecule has 26 heavy (non-hydrogen) atoms. The second-order valence-electron chi connectivity index (χ2n) is 6.30. The predicted octanol–water partition coefficient (Wildman–Crippen LogP) is 5.72. The zero-order chi connectivity index (χ0) is 17.1. The fourth-order valence-corrected chi connectivity index (χ4v) is 4.05. The maximum atomic E-state index is 6.34. The molecule has 1 aliphatic heterocycles. The summed E-state index contributed by atoms with van der Waals surface area (Å²) < 4.78 is 5.50. The minimum atomic E-state index is 0. The van der Waals surface area contributed by atoms with E-state index < -0.39 is 0 Å². The second kappa shape index (κ2) is 10.6. The fourth-order valence-electron chi connectivity index (χ4n) is 3.66. The first kappa shape index (κ1) is 23.4. The standard InChI is InChI=1S/C19H22Cl2N2O.2ClH/c1-24-18-8-7-17(21)12-15(18)10-13-5-3-9-23(22)19(13)14-4-2-6-16(20)11-14;;/h2,4,6-8,11-13,19H,3,5,9-10,22H2,1H3;2*1H/t13-,19-;;/m0../s1. The van der Waals surface area contributed by atoms with Crippen molar-refractivity contribution in [1.82, 2.24) is 5.01 Å². The van der Waals surface area contributed by atoms with Crippen LogP contribution in [0.1, 0.15) is 30.0 Å². The third-order valence-electron chi connectivity index (χ3n) is 4.71. The van der Waals surface area contributed by atoms with E-state index in [1.54, 1.807) is 7.11 Å². The van der Waals surface area contributed by atoms with Gasteiger partial charge in [-0.1, -0.05) is 35.3 Å².